The summed E-state index contributed by atoms with van der Waals surface area (Å²) < 4.78 is 36.3. The third-order valence-corrected chi connectivity index (χ3v) is 6.51. The van der Waals surface area contributed by atoms with E-state index in [0.29, 0.717) is 19.5 Å². The maximum atomic E-state index is 11.5. The molecule has 0 radical (unpaired) electrons. The predicted octanol–water partition coefficient (Wildman–Crippen LogP) is 1.34. The Morgan fingerprint density at radius 3 is 2.42 bits per heavy atom. The van der Waals surface area contributed by atoms with Gasteiger partial charge in [0.15, 0.2) is 5.96 Å². The van der Waals surface area contributed by atoms with Crippen molar-refractivity contribution in [3.8, 4) is 11.5 Å². The summed E-state index contributed by atoms with van der Waals surface area (Å²) in [5.74, 6) is 2.66. The van der Waals surface area contributed by atoms with Crippen molar-refractivity contribution in [1.82, 2.24) is 19.8 Å². The van der Waals surface area contributed by atoms with Crippen LogP contribution in [-0.2, 0) is 16.6 Å². The van der Waals surface area contributed by atoms with Crippen molar-refractivity contribution in [2.75, 3.05) is 66.3 Å². The van der Waals surface area contributed by atoms with Crippen LogP contribution in [-0.4, -0.2) is 90.5 Å². The Bertz CT molecular complexity index is 799. The normalized spacial score (nSPS) is 15.4. The number of methoxy groups -OCH3 is 2. The summed E-state index contributed by atoms with van der Waals surface area (Å²) in [6.45, 7) is 7.10. The summed E-state index contributed by atoms with van der Waals surface area (Å²) in [5, 5.41) is 3.33. The van der Waals surface area contributed by atoms with E-state index in [9.17, 15) is 8.42 Å². The minimum atomic E-state index is -3.13. The molecule has 0 bridgehead atoms. The van der Waals surface area contributed by atoms with Crippen LogP contribution in [0.15, 0.2) is 23.2 Å². The fourth-order valence-electron chi connectivity index (χ4n) is 3.31. The van der Waals surface area contributed by atoms with Gasteiger partial charge >= 0.3 is 0 Å². The van der Waals surface area contributed by atoms with Gasteiger partial charge < -0.3 is 19.7 Å². The van der Waals surface area contributed by atoms with Crippen molar-refractivity contribution in [1.29, 1.82) is 0 Å². The van der Waals surface area contributed by atoms with Gasteiger partial charge in [0.05, 0.1) is 20.0 Å². The second-order valence-electron chi connectivity index (χ2n) is 7.07. The highest BCUT2D eigenvalue weighted by molar-refractivity contribution is 14.0. The lowest BCUT2D eigenvalue weighted by Gasteiger charge is -2.36. The molecule has 1 aliphatic heterocycles. The summed E-state index contributed by atoms with van der Waals surface area (Å²) in [6, 6.07) is 5.87. The third kappa shape index (κ3) is 8.99. The summed E-state index contributed by atoms with van der Waals surface area (Å²) in [5.41, 5.74) is 1.11. The third-order valence-electron chi connectivity index (χ3n) is 5.10. The van der Waals surface area contributed by atoms with Gasteiger partial charge in [-0.2, -0.15) is 0 Å². The number of piperazine rings is 1. The maximum absolute atomic E-state index is 11.5. The number of ether oxygens (including phenoxy) is 2. The first-order chi connectivity index (χ1) is 14.4. The SMILES string of the molecule is CCS(=O)(=O)NCCCNC(=NC)N1CCN(Cc2cc(OC)ccc2OC)CC1.I. The average molecular weight is 570 g/mol. The molecule has 0 spiro atoms. The molecule has 1 aliphatic rings. The Morgan fingerprint density at radius 2 is 1.84 bits per heavy atom. The first-order valence-corrected chi connectivity index (χ1v) is 11.9. The second kappa shape index (κ2) is 14.0. The molecule has 1 heterocycles. The Kier molecular flexibility index (Phi) is 12.5. The molecular formula is C20H36IN5O4S. The minimum absolute atomic E-state index is 0. The molecule has 0 saturated carbocycles. The molecule has 0 aliphatic carbocycles. The van der Waals surface area contributed by atoms with Crippen LogP contribution in [0.4, 0.5) is 0 Å². The van der Waals surface area contributed by atoms with Crippen LogP contribution in [0.3, 0.4) is 0 Å². The van der Waals surface area contributed by atoms with E-state index >= 15 is 0 Å². The summed E-state index contributed by atoms with van der Waals surface area (Å²) >= 11 is 0. The van der Waals surface area contributed by atoms with Crippen LogP contribution in [0.1, 0.15) is 18.9 Å². The number of sulfonamides is 1. The Labute approximate surface area is 203 Å². The number of halogens is 1. The van der Waals surface area contributed by atoms with Gasteiger partial charge in [-0.3, -0.25) is 9.89 Å². The zero-order chi connectivity index (χ0) is 22.0. The van der Waals surface area contributed by atoms with E-state index in [4.69, 9.17) is 9.47 Å². The quantitative estimate of drug-likeness (QED) is 0.190. The minimum Gasteiger partial charge on any atom is -0.497 e. The van der Waals surface area contributed by atoms with Gasteiger partial charge in [-0.05, 0) is 31.5 Å². The van der Waals surface area contributed by atoms with Crippen LogP contribution >= 0.6 is 24.0 Å². The van der Waals surface area contributed by atoms with E-state index in [2.05, 4.69) is 24.8 Å². The first-order valence-electron chi connectivity index (χ1n) is 10.3. The molecule has 31 heavy (non-hydrogen) atoms. The molecule has 1 fully saturated rings. The largest absolute Gasteiger partial charge is 0.497 e. The van der Waals surface area contributed by atoms with Crippen LogP contribution in [0.2, 0.25) is 0 Å². The number of hydrogen-bond acceptors (Lipinski definition) is 6. The van der Waals surface area contributed by atoms with Crippen molar-refractivity contribution < 1.29 is 17.9 Å². The Balaban J connectivity index is 0.00000480. The highest BCUT2D eigenvalue weighted by atomic mass is 127. The van der Waals surface area contributed by atoms with Crippen LogP contribution in [0, 0.1) is 0 Å². The van der Waals surface area contributed by atoms with Crippen molar-refractivity contribution in [3.05, 3.63) is 23.8 Å². The first kappa shape index (κ1) is 27.7. The summed E-state index contributed by atoms with van der Waals surface area (Å²) in [7, 11) is 2.00. The van der Waals surface area contributed by atoms with E-state index in [-0.39, 0.29) is 29.7 Å². The molecule has 2 N–H and O–H groups in total. The van der Waals surface area contributed by atoms with Crippen molar-refractivity contribution in [3.63, 3.8) is 0 Å². The molecule has 178 valence electrons. The summed E-state index contributed by atoms with van der Waals surface area (Å²) in [6.07, 6.45) is 0.702. The fourth-order valence-corrected chi connectivity index (χ4v) is 3.97. The van der Waals surface area contributed by atoms with Gasteiger partial charge in [-0.15, -0.1) is 24.0 Å². The van der Waals surface area contributed by atoms with Crippen molar-refractivity contribution in [2.45, 2.75) is 19.9 Å². The molecule has 9 nitrogen and oxygen atoms in total. The van der Waals surface area contributed by atoms with E-state index < -0.39 is 10.0 Å². The Hall–Kier alpha value is -1.31. The molecule has 0 amide bonds. The zero-order valence-corrected chi connectivity index (χ0v) is 22.0. The maximum Gasteiger partial charge on any atom is 0.211 e. The van der Waals surface area contributed by atoms with E-state index in [1.54, 1.807) is 28.2 Å². The van der Waals surface area contributed by atoms with Crippen LogP contribution in [0.25, 0.3) is 0 Å². The van der Waals surface area contributed by atoms with E-state index in [0.717, 1.165) is 55.7 Å². The lowest BCUT2D eigenvalue weighted by Crippen LogP contribution is -2.52. The fraction of sp³-hybridized carbons (Fsp3) is 0.650. The highest BCUT2D eigenvalue weighted by Gasteiger charge is 2.20. The van der Waals surface area contributed by atoms with Gasteiger partial charge in [0.1, 0.15) is 11.5 Å². The van der Waals surface area contributed by atoms with Gasteiger partial charge in [-0.25, -0.2) is 13.1 Å². The van der Waals surface area contributed by atoms with Gasteiger partial charge in [0.2, 0.25) is 10.0 Å². The van der Waals surface area contributed by atoms with Crippen LogP contribution < -0.4 is 19.5 Å². The van der Waals surface area contributed by atoms with Gasteiger partial charge in [-0.1, -0.05) is 0 Å². The standard InChI is InChI=1S/C20H35N5O4S.HI/c1-5-30(26,27)23-10-6-9-22-20(21-2)25-13-11-24(12-14-25)16-17-15-18(28-3)7-8-19(17)29-4;/h7-8,15,23H,5-6,9-14,16H2,1-4H3,(H,21,22);1H. The number of benzene rings is 1. The van der Waals surface area contributed by atoms with Crippen LogP contribution in [0.5, 0.6) is 11.5 Å². The van der Waals surface area contributed by atoms with Crippen molar-refractivity contribution in [2.24, 2.45) is 4.99 Å². The molecule has 0 aromatic heterocycles. The lowest BCUT2D eigenvalue weighted by atomic mass is 10.1. The van der Waals surface area contributed by atoms with Gasteiger partial charge in [0, 0.05) is 58.4 Å². The molecule has 0 atom stereocenters. The van der Waals surface area contributed by atoms with E-state index in [1.807, 2.05) is 18.2 Å². The smallest absolute Gasteiger partial charge is 0.211 e. The molecule has 1 saturated heterocycles. The monoisotopic (exact) mass is 569 g/mol. The number of guanidine groups is 1. The zero-order valence-electron chi connectivity index (χ0n) is 18.9. The summed E-state index contributed by atoms with van der Waals surface area (Å²) in [4.78, 5) is 8.99. The number of nitrogens with zero attached hydrogens (tertiary/aromatic N) is 3. The molecule has 11 heteroatoms. The number of rotatable bonds is 10. The second-order valence-corrected chi connectivity index (χ2v) is 9.16. The van der Waals surface area contributed by atoms with Gasteiger partial charge in [0.25, 0.3) is 0 Å². The predicted molar refractivity (Wildman–Crippen MR) is 135 cm³/mol. The molecular weight excluding hydrogens is 533 g/mol. The number of nitrogens with one attached hydrogen (secondary N) is 2. The number of aliphatic imine (C=N–C) groups is 1. The average Bonchev–Trinajstić information content (AvgIpc) is 2.77. The molecule has 0 unspecified atom stereocenters. The van der Waals surface area contributed by atoms with E-state index in [1.165, 1.54) is 0 Å². The highest BCUT2D eigenvalue weighted by Crippen LogP contribution is 2.25. The lowest BCUT2D eigenvalue weighted by molar-refractivity contribution is 0.171. The topological polar surface area (TPSA) is 95.5 Å². The molecule has 1 aromatic rings. The Morgan fingerprint density at radius 1 is 1.13 bits per heavy atom. The number of hydrogen-bond donors (Lipinski definition) is 2. The molecule has 1 aromatic carbocycles. The molecule has 2 rings (SSSR count). The van der Waals surface area contributed by atoms with Crippen molar-refractivity contribution >= 4 is 40.0 Å².